The van der Waals surface area contributed by atoms with Crippen LogP contribution in [0.2, 0.25) is 0 Å². The van der Waals surface area contributed by atoms with Crippen LogP contribution in [-0.4, -0.2) is 26.9 Å². The van der Waals surface area contributed by atoms with Crippen LogP contribution in [0.5, 0.6) is 5.75 Å². The summed E-state index contributed by atoms with van der Waals surface area (Å²) in [6, 6.07) is 26.8. The molecule has 0 saturated carbocycles. The van der Waals surface area contributed by atoms with E-state index >= 15 is 0 Å². The predicted molar refractivity (Wildman–Crippen MR) is 115 cm³/mol. The minimum atomic E-state index is 0.668. The molecular weight excluding hydrogens is 380 g/mol. The summed E-state index contributed by atoms with van der Waals surface area (Å²) < 4.78 is 7.06. The Bertz CT molecular complexity index is 1240. The molecule has 0 aliphatic rings. The van der Waals surface area contributed by atoms with E-state index in [2.05, 4.69) is 58.7 Å². The summed E-state index contributed by atoms with van der Waals surface area (Å²) >= 11 is 1.55. The molecule has 142 valence electrons. The number of ether oxygens (including phenoxy) is 1. The third kappa shape index (κ3) is 3.50. The number of nitrogens with zero attached hydrogens (tertiary/aromatic N) is 4. The van der Waals surface area contributed by atoms with Crippen molar-refractivity contribution in [2.75, 3.05) is 7.11 Å². The van der Waals surface area contributed by atoms with Crippen molar-refractivity contribution in [2.24, 2.45) is 0 Å². The molecule has 6 heteroatoms. The second-order valence-electron chi connectivity index (χ2n) is 6.69. The molecule has 0 atom stereocenters. The lowest BCUT2D eigenvalue weighted by Gasteiger charge is -2.03. The lowest BCUT2D eigenvalue weighted by atomic mass is 10.0. The van der Waals surface area contributed by atoms with Crippen molar-refractivity contribution in [1.82, 2.24) is 19.8 Å². The van der Waals surface area contributed by atoms with Crippen LogP contribution in [0.15, 0.2) is 78.9 Å². The summed E-state index contributed by atoms with van der Waals surface area (Å²) in [6.45, 7) is 0. The van der Waals surface area contributed by atoms with Crippen LogP contribution >= 0.6 is 11.3 Å². The molecule has 0 aliphatic heterocycles. The molecule has 2 heterocycles. The van der Waals surface area contributed by atoms with Gasteiger partial charge in [-0.05, 0) is 28.8 Å². The van der Waals surface area contributed by atoms with E-state index in [4.69, 9.17) is 9.84 Å². The molecule has 0 unspecified atom stereocenters. The molecule has 5 nitrogen and oxygen atoms in total. The van der Waals surface area contributed by atoms with Gasteiger partial charge in [0.25, 0.3) is 0 Å². The molecule has 0 spiro atoms. The van der Waals surface area contributed by atoms with E-state index in [9.17, 15) is 0 Å². The first-order valence-corrected chi connectivity index (χ1v) is 10.1. The molecule has 2 aromatic heterocycles. The fourth-order valence-corrected chi connectivity index (χ4v) is 4.11. The monoisotopic (exact) mass is 398 g/mol. The van der Waals surface area contributed by atoms with Crippen molar-refractivity contribution in [2.45, 2.75) is 6.42 Å². The summed E-state index contributed by atoms with van der Waals surface area (Å²) in [5, 5.41) is 14.3. The zero-order chi connectivity index (χ0) is 19.6. The molecular formula is C23H18N4OS. The Morgan fingerprint density at radius 1 is 0.793 bits per heavy atom. The first-order valence-electron chi connectivity index (χ1n) is 9.30. The van der Waals surface area contributed by atoms with Crippen molar-refractivity contribution in [3.8, 4) is 27.4 Å². The SMILES string of the molecule is COc1ccc(Cc2nnc3sc(-c4ccc(-c5ccccc5)cc4)nn23)cc1. The standard InChI is InChI=1S/C23H18N4OS/c1-28-20-13-7-16(8-14-20)15-21-24-25-23-27(21)26-22(29-23)19-11-9-18(10-12-19)17-5-3-2-4-6-17/h2-14H,15H2,1H3. The quantitative estimate of drug-likeness (QED) is 0.412. The van der Waals surface area contributed by atoms with E-state index in [0.29, 0.717) is 6.42 Å². The molecule has 5 rings (SSSR count). The van der Waals surface area contributed by atoms with Crippen LogP contribution in [-0.2, 0) is 6.42 Å². The van der Waals surface area contributed by atoms with Crippen LogP contribution in [0.3, 0.4) is 0 Å². The minimum Gasteiger partial charge on any atom is -0.497 e. The normalized spacial score (nSPS) is 11.1. The fourth-order valence-electron chi connectivity index (χ4n) is 3.25. The number of aromatic nitrogens is 4. The lowest BCUT2D eigenvalue weighted by Crippen LogP contribution is -1.98. The third-order valence-corrected chi connectivity index (χ3v) is 5.76. The van der Waals surface area contributed by atoms with Gasteiger partial charge in [0, 0.05) is 12.0 Å². The molecule has 5 aromatic rings. The van der Waals surface area contributed by atoms with Crippen LogP contribution < -0.4 is 4.74 Å². The number of hydrogen-bond donors (Lipinski definition) is 0. The van der Waals surface area contributed by atoms with Gasteiger partial charge in [-0.3, -0.25) is 0 Å². The number of hydrogen-bond acceptors (Lipinski definition) is 5. The van der Waals surface area contributed by atoms with Crippen molar-refractivity contribution >= 4 is 16.3 Å². The van der Waals surface area contributed by atoms with Gasteiger partial charge in [0.2, 0.25) is 4.96 Å². The molecule has 0 amide bonds. The number of fused-ring (bicyclic) bond motifs is 1. The summed E-state index contributed by atoms with van der Waals surface area (Å²) in [6.07, 6.45) is 0.668. The van der Waals surface area contributed by atoms with Gasteiger partial charge in [-0.25, -0.2) is 0 Å². The van der Waals surface area contributed by atoms with Gasteiger partial charge in [0.05, 0.1) is 7.11 Å². The Balaban J connectivity index is 1.41. The van der Waals surface area contributed by atoms with Crippen molar-refractivity contribution in [3.63, 3.8) is 0 Å². The molecule has 0 fully saturated rings. The molecule has 0 saturated heterocycles. The highest BCUT2D eigenvalue weighted by atomic mass is 32.1. The fraction of sp³-hybridized carbons (Fsp3) is 0.0870. The number of benzene rings is 3. The van der Waals surface area contributed by atoms with Crippen LogP contribution in [0.1, 0.15) is 11.4 Å². The largest absolute Gasteiger partial charge is 0.497 e. The van der Waals surface area contributed by atoms with Gasteiger partial charge in [0.1, 0.15) is 10.8 Å². The van der Waals surface area contributed by atoms with Crippen molar-refractivity contribution in [3.05, 3.63) is 90.3 Å². The molecule has 0 radical (unpaired) electrons. The number of methoxy groups -OCH3 is 1. The first kappa shape index (κ1) is 17.6. The first-order chi connectivity index (χ1) is 14.3. The highest BCUT2D eigenvalue weighted by Gasteiger charge is 2.13. The van der Waals surface area contributed by atoms with E-state index in [0.717, 1.165) is 32.7 Å². The Kier molecular flexibility index (Phi) is 4.54. The summed E-state index contributed by atoms with van der Waals surface area (Å²) in [5.41, 5.74) is 4.62. The molecule has 29 heavy (non-hydrogen) atoms. The van der Waals surface area contributed by atoms with Gasteiger partial charge in [0.15, 0.2) is 5.82 Å². The second kappa shape index (κ2) is 7.48. The average Bonchev–Trinajstić information content (AvgIpc) is 3.37. The molecule has 0 aliphatic carbocycles. The van der Waals surface area contributed by atoms with E-state index in [-0.39, 0.29) is 0 Å². The maximum atomic E-state index is 5.22. The van der Waals surface area contributed by atoms with Gasteiger partial charge in [-0.15, -0.1) is 10.2 Å². The van der Waals surface area contributed by atoms with Crippen molar-refractivity contribution in [1.29, 1.82) is 0 Å². The summed E-state index contributed by atoms with van der Waals surface area (Å²) in [4.78, 5) is 0.802. The zero-order valence-corrected chi connectivity index (χ0v) is 16.6. The average molecular weight is 398 g/mol. The van der Waals surface area contributed by atoms with E-state index in [1.54, 1.807) is 18.4 Å². The highest BCUT2D eigenvalue weighted by Crippen LogP contribution is 2.28. The highest BCUT2D eigenvalue weighted by molar-refractivity contribution is 7.19. The Labute approximate surface area is 172 Å². The van der Waals surface area contributed by atoms with E-state index in [1.165, 1.54) is 11.1 Å². The Morgan fingerprint density at radius 3 is 2.21 bits per heavy atom. The van der Waals surface area contributed by atoms with Crippen LogP contribution in [0.25, 0.3) is 26.7 Å². The smallest absolute Gasteiger partial charge is 0.234 e. The maximum absolute atomic E-state index is 5.22. The summed E-state index contributed by atoms with van der Waals surface area (Å²) in [7, 11) is 1.67. The van der Waals surface area contributed by atoms with E-state index in [1.807, 2.05) is 34.8 Å². The van der Waals surface area contributed by atoms with Gasteiger partial charge in [-0.1, -0.05) is 78.1 Å². The second-order valence-corrected chi connectivity index (χ2v) is 7.64. The van der Waals surface area contributed by atoms with Crippen LogP contribution in [0, 0.1) is 0 Å². The number of rotatable bonds is 5. The van der Waals surface area contributed by atoms with Crippen LogP contribution in [0.4, 0.5) is 0 Å². The van der Waals surface area contributed by atoms with Gasteiger partial charge in [-0.2, -0.15) is 9.61 Å². The van der Waals surface area contributed by atoms with Gasteiger partial charge >= 0.3 is 0 Å². The minimum absolute atomic E-state index is 0.668. The maximum Gasteiger partial charge on any atom is 0.234 e. The van der Waals surface area contributed by atoms with Crippen molar-refractivity contribution < 1.29 is 4.74 Å². The Morgan fingerprint density at radius 2 is 1.48 bits per heavy atom. The Hall–Kier alpha value is -3.51. The van der Waals surface area contributed by atoms with E-state index < -0.39 is 0 Å². The molecule has 0 N–H and O–H groups in total. The topological polar surface area (TPSA) is 52.3 Å². The zero-order valence-electron chi connectivity index (χ0n) is 15.8. The van der Waals surface area contributed by atoms with Gasteiger partial charge < -0.3 is 4.74 Å². The summed E-state index contributed by atoms with van der Waals surface area (Å²) in [5.74, 6) is 1.67. The predicted octanol–water partition coefficient (Wildman–Crippen LogP) is 5.12. The lowest BCUT2D eigenvalue weighted by molar-refractivity contribution is 0.414. The third-order valence-electron chi connectivity index (χ3n) is 4.82. The molecule has 0 bridgehead atoms. The molecule has 3 aromatic carbocycles.